The first-order chi connectivity index (χ1) is 17.2. The van der Waals surface area contributed by atoms with Crippen molar-refractivity contribution in [2.45, 2.75) is 31.0 Å². The SMILES string of the molecule is COc1cccc(OC)c1-n1c(CS(=O)(=O)[C@H](C)[C@@H](O)c2ncc(F)cn2)nnc1-c1ccc(C)o1. The number of nitrogens with zero attached hydrogens (tertiary/aromatic N) is 5. The molecule has 1 N–H and O–H groups in total. The van der Waals surface area contributed by atoms with Gasteiger partial charge < -0.3 is 19.0 Å². The van der Waals surface area contributed by atoms with Gasteiger partial charge in [-0.25, -0.2) is 22.8 Å². The molecule has 190 valence electrons. The van der Waals surface area contributed by atoms with Crippen molar-refractivity contribution in [3.05, 3.63) is 66.0 Å². The second kappa shape index (κ2) is 10.0. The molecule has 0 fully saturated rings. The summed E-state index contributed by atoms with van der Waals surface area (Å²) in [6.45, 7) is 3.08. The Morgan fingerprint density at radius 2 is 1.72 bits per heavy atom. The molecule has 0 amide bonds. The lowest BCUT2D eigenvalue weighted by Gasteiger charge is -2.19. The van der Waals surface area contributed by atoms with Crippen molar-refractivity contribution in [1.82, 2.24) is 24.7 Å². The summed E-state index contributed by atoms with van der Waals surface area (Å²) in [5, 5.41) is 17.6. The summed E-state index contributed by atoms with van der Waals surface area (Å²) < 4.78 is 58.2. The van der Waals surface area contributed by atoms with Crippen molar-refractivity contribution in [3.8, 4) is 28.8 Å². The maximum absolute atomic E-state index is 13.4. The van der Waals surface area contributed by atoms with E-state index in [0.29, 0.717) is 28.7 Å². The zero-order chi connectivity index (χ0) is 26.0. The third-order valence-corrected chi connectivity index (χ3v) is 7.61. The van der Waals surface area contributed by atoms with Gasteiger partial charge in [-0.2, -0.15) is 0 Å². The van der Waals surface area contributed by atoms with Crippen molar-refractivity contribution >= 4 is 9.84 Å². The number of rotatable bonds is 9. The third-order valence-electron chi connectivity index (χ3n) is 5.56. The van der Waals surface area contributed by atoms with Gasteiger partial charge >= 0.3 is 0 Å². The lowest BCUT2D eigenvalue weighted by Crippen LogP contribution is -2.29. The van der Waals surface area contributed by atoms with Gasteiger partial charge in [-0.1, -0.05) is 6.07 Å². The number of sulfone groups is 1. The molecular weight excluding hydrogens is 493 g/mol. The van der Waals surface area contributed by atoms with E-state index in [0.717, 1.165) is 12.4 Å². The minimum Gasteiger partial charge on any atom is -0.494 e. The summed E-state index contributed by atoms with van der Waals surface area (Å²) in [6, 6.07) is 8.52. The molecule has 0 unspecified atom stereocenters. The van der Waals surface area contributed by atoms with Gasteiger partial charge in [-0.15, -0.1) is 10.2 Å². The molecule has 0 radical (unpaired) electrons. The molecule has 1 aromatic carbocycles. The zero-order valence-electron chi connectivity index (χ0n) is 19.9. The number of benzene rings is 1. The fourth-order valence-corrected chi connectivity index (χ4v) is 4.93. The van der Waals surface area contributed by atoms with Crippen LogP contribution in [0, 0.1) is 12.7 Å². The molecule has 3 heterocycles. The number of furan rings is 1. The number of halogens is 1. The fourth-order valence-electron chi connectivity index (χ4n) is 3.60. The van der Waals surface area contributed by atoms with Crippen LogP contribution >= 0.6 is 0 Å². The number of aliphatic hydroxyl groups is 1. The van der Waals surface area contributed by atoms with E-state index >= 15 is 0 Å². The monoisotopic (exact) mass is 517 g/mol. The number of aryl methyl sites for hydroxylation is 1. The molecule has 4 rings (SSSR count). The summed E-state index contributed by atoms with van der Waals surface area (Å²) >= 11 is 0. The number of hydrogen-bond donors (Lipinski definition) is 1. The van der Waals surface area contributed by atoms with Gasteiger partial charge in [0.25, 0.3) is 0 Å². The Morgan fingerprint density at radius 1 is 1.08 bits per heavy atom. The van der Waals surface area contributed by atoms with Crippen molar-refractivity contribution < 1.29 is 31.8 Å². The van der Waals surface area contributed by atoms with Gasteiger partial charge in [0.2, 0.25) is 5.82 Å². The van der Waals surface area contributed by atoms with Gasteiger partial charge in [-0.05, 0) is 38.1 Å². The molecule has 11 nitrogen and oxygen atoms in total. The molecule has 0 aliphatic carbocycles. The Hall–Kier alpha value is -3.84. The highest BCUT2D eigenvalue weighted by molar-refractivity contribution is 7.91. The Morgan fingerprint density at radius 3 is 2.28 bits per heavy atom. The summed E-state index contributed by atoms with van der Waals surface area (Å²) in [5.41, 5.74) is 0.372. The lowest BCUT2D eigenvalue weighted by atomic mass is 10.2. The van der Waals surface area contributed by atoms with Crippen LogP contribution < -0.4 is 9.47 Å². The summed E-state index contributed by atoms with van der Waals surface area (Å²) in [6.07, 6.45) is 0.111. The standard InChI is InChI=1S/C23H24FN5O6S/c1-13-8-9-18(35-13)23-28-27-19(29(23)20-16(33-3)6-5-7-17(20)34-4)12-36(31,32)14(2)21(30)22-25-10-15(24)11-26-22/h5-11,14,21,30H,12H2,1-4H3/t14-,21-/m1/s1. The van der Waals surface area contributed by atoms with E-state index in [4.69, 9.17) is 13.9 Å². The quantitative estimate of drug-likeness (QED) is 0.352. The summed E-state index contributed by atoms with van der Waals surface area (Å²) in [4.78, 5) is 7.39. The maximum Gasteiger partial charge on any atom is 0.204 e. The zero-order valence-corrected chi connectivity index (χ0v) is 20.7. The number of methoxy groups -OCH3 is 2. The molecular formula is C23H24FN5O6S. The van der Waals surface area contributed by atoms with Crippen LogP contribution in [-0.2, 0) is 15.6 Å². The van der Waals surface area contributed by atoms with Crippen LogP contribution in [0.25, 0.3) is 17.3 Å². The number of ether oxygens (including phenoxy) is 2. The largest absolute Gasteiger partial charge is 0.494 e. The number of hydrogen-bond acceptors (Lipinski definition) is 10. The molecule has 0 spiro atoms. The van der Waals surface area contributed by atoms with Gasteiger partial charge in [0.15, 0.2) is 33.1 Å². The van der Waals surface area contributed by atoms with Crippen LogP contribution in [0.15, 0.2) is 47.1 Å². The molecule has 2 atom stereocenters. The average Bonchev–Trinajstić information content (AvgIpc) is 3.48. The Balaban J connectivity index is 1.81. The molecule has 0 saturated carbocycles. The van der Waals surface area contributed by atoms with Crippen LogP contribution in [0.1, 0.15) is 30.4 Å². The molecule has 0 bridgehead atoms. The van der Waals surface area contributed by atoms with E-state index in [1.807, 2.05) is 0 Å². The molecule has 4 aromatic rings. The van der Waals surface area contributed by atoms with Crippen LogP contribution in [-0.4, -0.2) is 57.7 Å². The fraction of sp³-hybridized carbons (Fsp3) is 0.304. The van der Waals surface area contributed by atoms with Gasteiger partial charge in [0, 0.05) is 0 Å². The van der Waals surface area contributed by atoms with Crippen LogP contribution in [0.2, 0.25) is 0 Å². The summed E-state index contributed by atoms with van der Waals surface area (Å²) in [7, 11) is -1.13. The maximum atomic E-state index is 13.4. The van der Waals surface area contributed by atoms with E-state index < -0.39 is 32.8 Å². The van der Waals surface area contributed by atoms with Crippen LogP contribution in [0.4, 0.5) is 4.39 Å². The minimum absolute atomic E-state index is 0.0286. The van der Waals surface area contributed by atoms with E-state index in [1.54, 1.807) is 37.3 Å². The van der Waals surface area contributed by atoms with Gasteiger partial charge in [0.1, 0.15) is 34.8 Å². The van der Waals surface area contributed by atoms with E-state index in [1.165, 1.54) is 25.7 Å². The third kappa shape index (κ3) is 4.79. The predicted octanol–water partition coefficient (Wildman–Crippen LogP) is 2.82. The molecule has 36 heavy (non-hydrogen) atoms. The smallest absolute Gasteiger partial charge is 0.204 e. The molecule has 3 aromatic heterocycles. The normalized spacial score (nSPS) is 13.4. The topological polar surface area (TPSA) is 142 Å². The first kappa shape index (κ1) is 25.3. The molecule has 13 heteroatoms. The first-order valence-corrected chi connectivity index (χ1v) is 12.5. The second-order valence-electron chi connectivity index (χ2n) is 7.91. The van der Waals surface area contributed by atoms with E-state index in [2.05, 4.69) is 20.2 Å². The van der Waals surface area contributed by atoms with Crippen LogP contribution in [0.3, 0.4) is 0 Å². The Kier molecular flexibility index (Phi) is 7.04. The first-order valence-electron chi connectivity index (χ1n) is 10.8. The van der Waals surface area contributed by atoms with E-state index in [9.17, 15) is 17.9 Å². The highest BCUT2D eigenvalue weighted by Gasteiger charge is 2.34. The van der Waals surface area contributed by atoms with Crippen LogP contribution in [0.5, 0.6) is 11.5 Å². The Labute approximate surface area is 206 Å². The number of aliphatic hydroxyl groups excluding tert-OH is 1. The minimum atomic E-state index is -4.06. The molecule has 0 aliphatic heterocycles. The molecule has 0 aliphatic rings. The highest BCUT2D eigenvalue weighted by Crippen LogP contribution is 2.37. The van der Waals surface area contributed by atoms with Crippen molar-refractivity contribution in [2.75, 3.05) is 14.2 Å². The van der Waals surface area contributed by atoms with E-state index in [-0.39, 0.29) is 17.5 Å². The van der Waals surface area contributed by atoms with Crippen molar-refractivity contribution in [3.63, 3.8) is 0 Å². The van der Waals surface area contributed by atoms with Gasteiger partial charge in [0.05, 0.1) is 31.9 Å². The van der Waals surface area contributed by atoms with Gasteiger partial charge in [-0.3, -0.25) is 4.57 Å². The van der Waals surface area contributed by atoms with Crippen molar-refractivity contribution in [1.29, 1.82) is 0 Å². The number of para-hydroxylation sites is 1. The lowest BCUT2D eigenvalue weighted by molar-refractivity contribution is 0.165. The highest BCUT2D eigenvalue weighted by atomic mass is 32.2. The Bertz CT molecular complexity index is 1450. The predicted molar refractivity (Wildman–Crippen MR) is 126 cm³/mol. The van der Waals surface area contributed by atoms with Crippen molar-refractivity contribution in [2.24, 2.45) is 0 Å². The molecule has 0 saturated heterocycles. The summed E-state index contributed by atoms with van der Waals surface area (Å²) in [5.74, 6) is 0.455. The second-order valence-corrected chi connectivity index (χ2v) is 10.3. The average molecular weight is 518 g/mol. The number of aromatic nitrogens is 5.